The number of imidazole rings is 1. The maximum atomic E-state index is 6.25. The molecule has 0 unspecified atom stereocenters. The molecule has 90 valence electrons. The topological polar surface area (TPSA) is 17.8 Å². The van der Waals surface area contributed by atoms with Crippen molar-refractivity contribution in [2.24, 2.45) is 7.05 Å². The van der Waals surface area contributed by atoms with Crippen molar-refractivity contribution in [2.75, 3.05) is 0 Å². The molecule has 0 atom stereocenters. The van der Waals surface area contributed by atoms with Crippen molar-refractivity contribution in [3.8, 4) is 11.1 Å². The lowest BCUT2D eigenvalue weighted by atomic mass is 10.0. The highest BCUT2D eigenvalue weighted by Gasteiger charge is 2.10. The van der Waals surface area contributed by atoms with E-state index < -0.39 is 0 Å². The van der Waals surface area contributed by atoms with Gasteiger partial charge in [0.25, 0.3) is 0 Å². The Labute approximate surface area is 115 Å². The molecule has 0 aliphatic carbocycles. The molecule has 0 aliphatic rings. The van der Waals surface area contributed by atoms with Crippen LogP contribution in [0.5, 0.6) is 0 Å². The number of aromatic nitrogens is 2. The molecular weight excluding hydrogens is 267 g/mol. The standard InChI is InChI=1S/C14H10Cl2N2/c1-18-8-17-14-11(3-2-4-13(14)18)10-6-5-9(15)7-12(10)16/h2-8H,1H3. The first-order chi connectivity index (χ1) is 8.66. The number of hydrogen-bond donors (Lipinski definition) is 0. The highest BCUT2D eigenvalue weighted by molar-refractivity contribution is 6.36. The van der Waals surface area contributed by atoms with Crippen LogP contribution in [0.4, 0.5) is 0 Å². The number of rotatable bonds is 1. The summed E-state index contributed by atoms with van der Waals surface area (Å²) in [4.78, 5) is 4.43. The van der Waals surface area contributed by atoms with Gasteiger partial charge in [0, 0.05) is 28.2 Å². The molecule has 0 saturated heterocycles. The van der Waals surface area contributed by atoms with Crippen LogP contribution in [-0.4, -0.2) is 9.55 Å². The second kappa shape index (κ2) is 4.30. The van der Waals surface area contributed by atoms with Crippen molar-refractivity contribution < 1.29 is 0 Å². The Morgan fingerprint density at radius 1 is 1.06 bits per heavy atom. The van der Waals surface area contributed by atoms with Crippen LogP contribution in [0, 0.1) is 0 Å². The lowest BCUT2D eigenvalue weighted by molar-refractivity contribution is 0.948. The lowest BCUT2D eigenvalue weighted by Gasteiger charge is -2.06. The van der Waals surface area contributed by atoms with Crippen LogP contribution in [0.25, 0.3) is 22.2 Å². The Balaban J connectivity index is 2.31. The van der Waals surface area contributed by atoms with Gasteiger partial charge in [0.05, 0.1) is 17.4 Å². The quantitative estimate of drug-likeness (QED) is 0.638. The molecule has 2 nitrogen and oxygen atoms in total. The van der Waals surface area contributed by atoms with Gasteiger partial charge in [0.2, 0.25) is 0 Å². The summed E-state index contributed by atoms with van der Waals surface area (Å²) in [6.07, 6.45) is 1.80. The zero-order valence-corrected chi connectivity index (χ0v) is 11.2. The number of fused-ring (bicyclic) bond motifs is 1. The molecule has 18 heavy (non-hydrogen) atoms. The van der Waals surface area contributed by atoms with Crippen molar-refractivity contribution >= 4 is 34.2 Å². The van der Waals surface area contributed by atoms with Gasteiger partial charge in [-0.3, -0.25) is 0 Å². The van der Waals surface area contributed by atoms with E-state index in [9.17, 15) is 0 Å². The van der Waals surface area contributed by atoms with E-state index in [1.807, 2.05) is 41.9 Å². The minimum absolute atomic E-state index is 0.636. The monoisotopic (exact) mass is 276 g/mol. The second-order valence-electron chi connectivity index (χ2n) is 4.15. The first kappa shape index (κ1) is 11.6. The van der Waals surface area contributed by atoms with Gasteiger partial charge in [-0.15, -0.1) is 0 Å². The number of para-hydroxylation sites is 1. The molecule has 2 aromatic carbocycles. The van der Waals surface area contributed by atoms with E-state index in [1.165, 1.54) is 0 Å². The van der Waals surface area contributed by atoms with E-state index in [2.05, 4.69) is 4.98 Å². The van der Waals surface area contributed by atoms with Crippen LogP contribution in [0.1, 0.15) is 0 Å². The normalized spacial score (nSPS) is 11.1. The van der Waals surface area contributed by atoms with Gasteiger partial charge in [-0.05, 0) is 18.2 Å². The molecule has 0 fully saturated rings. The molecule has 0 bridgehead atoms. The zero-order valence-electron chi connectivity index (χ0n) is 9.69. The third-order valence-corrected chi connectivity index (χ3v) is 3.52. The fourth-order valence-corrected chi connectivity index (χ4v) is 2.59. The molecule has 0 aliphatic heterocycles. The third-order valence-electron chi connectivity index (χ3n) is 2.98. The first-order valence-electron chi connectivity index (χ1n) is 5.52. The Morgan fingerprint density at radius 2 is 1.89 bits per heavy atom. The van der Waals surface area contributed by atoms with Crippen molar-refractivity contribution in [3.05, 3.63) is 52.8 Å². The average Bonchev–Trinajstić information content (AvgIpc) is 2.72. The first-order valence-corrected chi connectivity index (χ1v) is 6.28. The summed E-state index contributed by atoms with van der Waals surface area (Å²) in [6.45, 7) is 0. The maximum Gasteiger partial charge on any atom is 0.0963 e. The third kappa shape index (κ3) is 1.78. The van der Waals surface area contributed by atoms with Crippen LogP contribution < -0.4 is 0 Å². The molecule has 1 aromatic heterocycles. The minimum Gasteiger partial charge on any atom is -0.334 e. The summed E-state index contributed by atoms with van der Waals surface area (Å²) in [6, 6.07) is 11.6. The van der Waals surface area contributed by atoms with Crippen LogP contribution in [-0.2, 0) is 7.05 Å². The molecule has 0 amide bonds. The zero-order chi connectivity index (χ0) is 12.7. The van der Waals surface area contributed by atoms with Crippen LogP contribution >= 0.6 is 23.2 Å². The van der Waals surface area contributed by atoms with E-state index in [0.29, 0.717) is 10.0 Å². The van der Waals surface area contributed by atoms with Crippen molar-refractivity contribution in [1.29, 1.82) is 0 Å². The van der Waals surface area contributed by atoms with Crippen LogP contribution in [0.3, 0.4) is 0 Å². The summed E-state index contributed by atoms with van der Waals surface area (Å²) in [5, 5.41) is 1.28. The number of halogens is 2. The van der Waals surface area contributed by atoms with E-state index >= 15 is 0 Å². The van der Waals surface area contributed by atoms with Gasteiger partial charge in [0.1, 0.15) is 0 Å². The highest BCUT2D eigenvalue weighted by atomic mass is 35.5. The summed E-state index contributed by atoms with van der Waals surface area (Å²) in [5.74, 6) is 0. The molecule has 0 N–H and O–H groups in total. The van der Waals surface area contributed by atoms with E-state index in [1.54, 1.807) is 12.4 Å². The largest absolute Gasteiger partial charge is 0.334 e. The fraction of sp³-hybridized carbons (Fsp3) is 0.0714. The maximum absolute atomic E-state index is 6.25. The van der Waals surface area contributed by atoms with Gasteiger partial charge in [-0.1, -0.05) is 41.4 Å². The number of aryl methyl sites for hydroxylation is 1. The smallest absolute Gasteiger partial charge is 0.0963 e. The molecule has 4 heteroatoms. The number of hydrogen-bond acceptors (Lipinski definition) is 1. The second-order valence-corrected chi connectivity index (χ2v) is 5.00. The predicted molar refractivity (Wildman–Crippen MR) is 76.2 cm³/mol. The molecule has 0 radical (unpaired) electrons. The number of benzene rings is 2. The van der Waals surface area contributed by atoms with Crippen molar-refractivity contribution in [2.45, 2.75) is 0 Å². The molecule has 3 aromatic rings. The van der Waals surface area contributed by atoms with Gasteiger partial charge in [-0.25, -0.2) is 4.98 Å². The predicted octanol–water partition coefficient (Wildman–Crippen LogP) is 4.55. The number of nitrogens with zero attached hydrogens (tertiary/aromatic N) is 2. The summed E-state index contributed by atoms with van der Waals surface area (Å²) >= 11 is 12.2. The van der Waals surface area contributed by atoms with E-state index in [4.69, 9.17) is 23.2 Å². The Hall–Kier alpha value is -1.51. The molecule has 1 heterocycles. The van der Waals surface area contributed by atoms with E-state index in [0.717, 1.165) is 22.2 Å². The SMILES string of the molecule is Cn1cnc2c(-c3ccc(Cl)cc3Cl)cccc21. The van der Waals surface area contributed by atoms with Gasteiger partial charge >= 0.3 is 0 Å². The summed E-state index contributed by atoms with van der Waals surface area (Å²) in [5.41, 5.74) is 4.00. The van der Waals surface area contributed by atoms with E-state index in [-0.39, 0.29) is 0 Å². The van der Waals surface area contributed by atoms with Crippen LogP contribution in [0.2, 0.25) is 10.0 Å². The molecular formula is C14H10Cl2N2. The molecule has 3 rings (SSSR count). The molecule has 0 spiro atoms. The Morgan fingerprint density at radius 3 is 2.67 bits per heavy atom. The van der Waals surface area contributed by atoms with Crippen molar-refractivity contribution in [1.82, 2.24) is 9.55 Å². The van der Waals surface area contributed by atoms with Crippen molar-refractivity contribution in [3.63, 3.8) is 0 Å². The molecule has 0 saturated carbocycles. The Kier molecular flexibility index (Phi) is 2.77. The Bertz CT molecular complexity index is 732. The van der Waals surface area contributed by atoms with Gasteiger partial charge < -0.3 is 4.57 Å². The van der Waals surface area contributed by atoms with Gasteiger partial charge in [0.15, 0.2) is 0 Å². The average molecular weight is 277 g/mol. The summed E-state index contributed by atoms with van der Waals surface area (Å²) in [7, 11) is 1.97. The summed E-state index contributed by atoms with van der Waals surface area (Å²) < 4.78 is 1.99. The van der Waals surface area contributed by atoms with Gasteiger partial charge in [-0.2, -0.15) is 0 Å². The lowest BCUT2D eigenvalue weighted by Crippen LogP contribution is -1.85. The van der Waals surface area contributed by atoms with Crippen LogP contribution in [0.15, 0.2) is 42.7 Å². The highest BCUT2D eigenvalue weighted by Crippen LogP contribution is 2.34. The minimum atomic E-state index is 0.636. The fourth-order valence-electron chi connectivity index (χ4n) is 2.08.